The van der Waals surface area contributed by atoms with Gasteiger partial charge in [0.2, 0.25) is 0 Å². The summed E-state index contributed by atoms with van der Waals surface area (Å²) in [6.45, 7) is 1.79. The van der Waals surface area contributed by atoms with E-state index in [1.54, 1.807) is 6.07 Å². The average Bonchev–Trinajstić information content (AvgIpc) is 2.93. The second-order valence-corrected chi connectivity index (χ2v) is 9.01. The van der Waals surface area contributed by atoms with E-state index in [-0.39, 0.29) is 30.4 Å². The van der Waals surface area contributed by atoms with Gasteiger partial charge in [0.25, 0.3) is 0 Å². The Morgan fingerprint density at radius 2 is 2.15 bits per heavy atom. The number of alkyl halides is 1. The fourth-order valence-corrected chi connectivity index (χ4v) is 6.58. The van der Waals surface area contributed by atoms with Crippen LogP contribution < -0.4 is 4.74 Å². The summed E-state index contributed by atoms with van der Waals surface area (Å²) in [5.41, 5.74) is -0.478. The molecule has 1 aromatic carbocycles. The van der Waals surface area contributed by atoms with Gasteiger partial charge in [0, 0.05) is 24.6 Å². The Balaban J connectivity index is 1.53. The highest BCUT2D eigenvalue weighted by atomic mass is 19.1. The van der Waals surface area contributed by atoms with E-state index in [1.807, 2.05) is 6.07 Å². The van der Waals surface area contributed by atoms with Crippen LogP contribution in [0.25, 0.3) is 0 Å². The Morgan fingerprint density at radius 3 is 2.92 bits per heavy atom. The van der Waals surface area contributed by atoms with Crippen molar-refractivity contribution in [3.8, 4) is 11.5 Å². The first-order valence-electron chi connectivity index (χ1n) is 10.0. The van der Waals surface area contributed by atoms with Gasteiger partial charge in [0.05, 0.1) is 5.41 Å². The number of ketones is 1. The molecule has 2 aliphatic heterocycles. The van der Waals surface area contributed by atoms with Crippen LogP contribution in [-0.2, 0) is 16.6 Å². The maximum absolute atomic E-state index is 16.9. The van der Waals surface area contributed by atoms with E-state index in [2.05, 4.69) is 4.90 Å². The number of hydrogen-bond donors (Lipinski definition) is 1. The van der Waals surface area contributed by atoms with Gasteiger partial charge < -0.3 is 9.84 Å². The molecule has 2 bridgehead atoms. The van der Waals surface area contributed by atoms with Gasteiger partial charge in [-0.1, -0.05) is 12.5 Å². The number of hydrogen-bond acceptors (Lipinski definition) is 4. The summed E-state index contributed by atoms with van der Waals surface area (Å²) in [7, 11) is 0. The van der Waals surface area contributed by atoms with Crippen LogP contribution in [0.4, 0.5) is 4.39 Å². The quantitative estimate of drug-likeness (QED) is 0.884. The van der Waals surface area contributed by atoms with Gasteiger partial charge in [-0.05, 0) is 56.2 Å². The molecule has 1 aromatic rings. The molecule has 0 amide bonds. The van der Waals surface area contributed by atoms with Crippen LogP contribution >= 0.6 is 0 Å². The predicted octanol–water partition coefficient (Wildman–Crippen LogP) is 2.89. The van der Waals surface area contributed by atoms with E-state index in [4.69, 9.17) is 4.74 Å². The molecule has 3 fully saturated rings. The SMILES string of the molecule is O=C1CCC2(F)[C@H]3Cc4ccc(O)c5c4[C@@]2(CCN3CC2CCC2)C1O5. The molecular formula is C21H24FNO3. The number of halogens is 1. The van der Waals surface area contributed by atoms with Crippen molar-refractivity contribution in [1.82, 2.24) is 4.90 Å². The zero-order valence-electron chi connectivity index (χ0n) is 14.8. The Hall–Kier alpha value is -1.62. The van der Waals surface area contributed by atoms with Crippen molar-refractivity contribution in [3.63, 3.8) is 0 Å². The van der Waals surface area contributed by atoms with E-state index in [1.165, 1.54) is 19.3 Å². The minimum absolute atomic E-state index is 0.00656. The summed E-state index contributed by atoms with van der Waals surface area (Å²) < 4.78 is 22.8. The number of carbonyl (C=O) groups is 1. The molecule has 4 atom stereocenters. The Kier molecular flexibility index (Phi) is 2.85. The van der Waals surface area contributed by atoms with Crippen LogP contribution in [-0.4, -0.2) is 46.7 Å². The molecule has 5 aliphatic rings. The molecule has 138 valence electrons. The van der Waals surface area contributed by atoms with E-state index in [0.717, 1.165) is 24.2 Å². The molecule has 1 spiro atoms. The van der Waals surface area contributed by atoms with E-state index in [9.17, 15) is 9.90 Å². The van der Waals surface area contributed by atoms with Crippen LogP contribution in [0.1, 0.15) is 49.7 Å². The normalized spacial score (nSPS) is 40.7. The maximum Gasteiger partial charge on any atom is 0.174 e. The summed E-state index contributed by atoms with van der Waals surface area (Å²) in [6, 6.07) is 3.38. The third-order valence-corrected chi connectivity index (χ3v) is 8.01. The minimum Gasteiger partial charge on any atom is -0.504 e. The number of rotatable bonds is 2. The Labute approximate surface area is 152 Å². The molecule has 2 saturated carbocycles. The molecule has 3 aliphatic carbocycles. The molecule has 1 saturated heterocycles. The summed E-state index contributed by atoms with van der Waals surface area (Å²) in [5, 5.41) is 10.3. The number of carbonyl (C=O) groups excluding carboxylic acids is 1. The third-order valence-electron chi connectivity index (χ3n) is 8.01. The van der Waals surface area contributed by atoms with Gasteiger partial charge in [-0.2, -0.15) is 0 Å². The molecule has 4 nitrogen and oxygen atoms in total. The van der Waals surface area contributed by atoms with Crippen LogP contribution in [0.2, 0.25) is 0 Å². The highest BCUT2D eigenvalue weighted by molar-refractivity contribution is 5.90. The van der Waals surface area contributed by atoms with Crippen LogP contribution in [0.5, 0.6) is 11.5 Å². The maximum atomic E-state index is 16.9. The first-order valence-corrected chi connectivity index (χ1v) is 10.0. The second-order valence-electron chi connectivity index (χ2n) is 9.01. The first-order chi connectivity index (χ1) is 12.5. The number of likely N-dealkylation sites (tertiary alicyclic amines) is 1. The van der Waals surface area contributed by atoms with Crippen molar-refractivity contribution in [2.75, 3.05) is 13.1 Å². The largest absolute Gasteiger partial charge is 0.504 e. The third kappa shape index (κ3) is 1.58. The van der Waals surface area contributed by atoms with E-state index < -0.39 is 17.2 Å². The fraction of sp³-hybridized carbons (Fsp3) is 0.667. The lowest BCUT2D eigenvalue weighted by atomic mass is 9.50. The number of phenolic OH excluding ortho intramolecular Hbond substituents is 1. The highest BCUT2D eigenvalue weighted by Gasteiger charge is 2.74. The zero-order valence-corrected chi connectivity index (χ0v) is 14.8. The van der Waals surface area contributed by atoms with Gasteiger partial charge in [0.15, 0.2) is 23.4 Å². The van der Waals surface area contributed by atoms with Gasteiger partial charge in [-0.15, -0.1) is 0 Å². The van der Waals surface area contributed by atoms with Crippen molar-refractivity contribution in [2.45, 2.75) is 68.2 Å². The molecule has 2 heterocycles. The monoisotopic (exact) mass is 357 g/mol. The van der Waals surface area contributed by atoms with Crippen molar-refractivity contribution in [2.24, 2.45) is 5.92 Å². The number of ether oxygens (including phenoxy) is 1. The molecular weight excluding hydrogens is 333 g/mol. The van der Waals surface area contributed by atoms with Gasteiger partial charge in [-0.25, -0.2) is 4.39 Å². The number of piperidine rings is 1. The summed E-state index contributed by atoms with van der Waals surface area (Å²) in [4.78, 5) is 15.1. The summed E-state index contributed by atoms with van der Waals surface area (Å²) in [6.07, 6.45) is 4.82. The van der Waals surface area contributed by atoms with Crippen molar-refractivity contribution >= 4 is 5.78 Å². The van der Waals surface area contributed by atoms with Crippen LogP contribution in [0.15, 0.2) is 12.1 Å². The summed E-state index contributed by atoms with van der Waals surface area (Å²) >= 11 is 0. The topological polar surface area (TPSA) is 49.8 Å². The molecule has 26 heavy (non-hydrogen) atoms. The number of benzene rings is 1. The Bertz CT molecular complexity index is 822. The van der Waals surface area contributed by atoms with Crippen molar-refractivity contribution < 1.29 is 19.0 Å². The van der Waals surface area contributed by atoms with Crippen LogP contribution in [0, 0.1) is 5.92 Å². The number of phenols is 1. The number of Topliss-reactive ketones (excluding diaryl/α,β-unsaturated/α-hetero) is 1. The van der Waals surface area contributed by atoms with Crippen LogP contribution in [0.3, 0.4) is 0 Å². The van der Waals surface area contributed by atoms with Gasteiger partial charge >= 0.3 is 0 Å². The minimum atomic E-state index is -1.44. The predicted molar refractivity (Wildman–Crippen MR) is 93.3 cm³/mol. The van der Waals surface area contributed by atoms with Crippen molar-refractivity contribution in [3.05, 3.63) is 23.3 Å². The fourth-order valence-electron chi connectivity index (χ4n) is 6.58. The smallest absolute Gasteiger partial charge is 0.174 e. The average molecular weight is 357 g/mol. The van der Waals surface area contributed by atoms with E-state index >= 15 is 4.39 Å². The summed E-state index contributed by atoms with van der Waals surface area (Å²) in [5.74, 6) is 1.10. The van der Waals surface area contributed by atoms with Gasteiger partial charge in [-0.3, -0.25) is 9.69 Å². The molecule has 1 N–H and O–H groups in total. The molecule has 2 unspecified atom stereocenters. The first kappa shape index (κ1) is 15.4. The highest BCUT2D eigenvalue weighted by Crippen LogP contribution is 2.66. The molecule has 0 radical (unpaired) electrons. The molecule has 0 aromatic heterocycles. The Morgan fingerprint density at radius 1 is 1.31 bits per heavy atom. The lowest BCUT2D eigenvalue weighted by Gasteiger charge is -2.61. The number of aromatic hydroxyl groups is 1. The lowest BCUT2D eigenvalue weighted by molar-refractivity contribution is -0.162. The second kappa shape index (κ2) is 4.80. The van der Waals surface area contributed by atoms with Crippen molar-refractivity contribution in [1.29, 1.82) is 0 Å². The molecule has 5 heteroatoms. The zero-order chi connectivity index (χ0) is 17.7. The van der Waals surface area contributed by atoms with E-state index in [0.29, 0.717) is 24.5 Å². The number of nitrogens with zero attached hydrogens (tertiary/aromatic N) is 1. The molecule has 6 rings (SSSR count). The lowest BCUT2D eigenvalue weighted by Crippen LogP contribution is -2.75. The van der Waals surface area contributed by atoms with Gasteiger partial charge in [0.1, 0.15) is 5.67 Å². The standard InChI is InChI=1S/C21H24FNO3/c22-21-7-6-15(25)19-20(21)8-9-23(11-12-2-1-3-12)16(21)10-13-4-5-14(24)18(26-19)17(13)20/h4-5,12,16,19,24H,1-3,6-11H2/t16-,19?,20+,21?/m1/s1.